The zero-order chi connectivity index (χ0) is 20.9. The minimum Gasteiger partial charge on any atom is -0.337 e. The number of para-hydroxylation sites is 1. The van der Waals surface area contributed by atoms with Gasteiger partial charge in [-0.15, -0.1) is 0 Å². The van der Waals surface area contributed by atoms with E-state index >= 15 is 0 Å². The first-order valence-electron chi connectivity index (χ1n) is 9.63. The third-order valence-corrected chi connectivity index (χ3v) is 4.74. The Morgan fingerprint density at radius 2 is 1.67 bits per heavy atom. The molecule has 7 heteroatoms. The third-order valence-electron chi connectivity index (χ3n) is 4.74. The molecule has 1 aliphatic rings. The molecule has 2 aromatic carbocycles. The fourth-order valence-electron chi connectivity index (χ4n) is 3.22. The number of benzene rings is 2. The van der Waals surface area contributed by atoms with Crippen LogP contribution < -0.4 is 15.8 Å². The van der Waals surface area contributed by atoms with Crippen LogP contribution in [0.5, 0.6) is 0 Å². The zero-order valence-electron chi connectivity index (χ0n) is 16.4. The molecule has 0 saturated carbocycles. The second-order valence-corrected chi connectivity index (χ2v) is 6.85. The van der Waals surface area contributed by atoms with Crippen LogP contribution in [0, 0.1) is 0 Å². The van der Waals surface area contributed by atoms with Gasteiger partial charge in [-0.25, -0.2) is 10.0 Å². The summed E-state index contributed by atoms with van der Waals surface area (Å²) in [5.74, 6) is -0.584. The Bertz CT molecular complexity index is 1020. The Labute approximate surface area is 174 Å². The number of amidine groups is 1. The maximum Gasteiger partial charge on any atom is 0.288 e. The lowest BCUT2D eigenvalue weighted by Gasteiger charge is -2.31. The van der Waals surface area contributed by atoms with Crippen LogP contribution in [-0.2, 0) is 9.59 Å². The van der Waals surface area contributed by atoms with Gasteiger partial charge in [0.1, 0.15) is 6.04 Å². The first kappa shape index (κ1) is 19.3. The first-order valence-corrected chi connectivity index (χ1v) is 9.63. The number of aromatic nitrogens is 1. The summed E-state index contributed by atoms with van der Waals surface area (Å²) in [6.45, 7) is 1.67. The molecule has 2 N–H and O–H groups in total. The normalized spacial score (nSPS) is 17.0. The summed E-state index contributed by atoms with van der Waals surface area (Å²) in [7, 11) is 0. The molecule has 1 aromatic heterocycles. The van der Waals surface area contributed by atoms with E-state index in [1.807, 2.05) is 66.7 Å². The number of hydrogen-bond donors (Lipinski definition) is 2. The van der Waals surface area contributed by atoms with Crippen molar-refractivity contribution < 1.29 is 9.59 Å². The van der Waals surface area contributed by atoms with Crippen LogP contribution in [0.15, 0.2) is 90.1 Å². The molecular formula is C23H21N5O2. The summed E-state index contributed by atoms with van der Waals surface area (Å²) in [6, 6.07) is 23.1. The molecule has 0 bridgehead atoms. The van der Waals surface area contributed by atoms with E-state index < -0.39 is 18.0 Å². The first-order chi connectivity index (χ1) is 14.6. The fraction of sp³-hybridized carbons (Fsp3) is 0.130. The van der Waals surface area contributed by atoms with Crippen molar-refractivity contribution in [3.8, 4) is 0 Å². The molecule has 0 unspecified atom stereocenters. The maximum atomic E-state index is 13.1. The maximum absolute atomic E-state index is 13.1. The lowest BCUT2D eigenvalue weighted by atomic mass is 10.0. The largest absolute Gasteiger partial charge is 0.337 e. The number of amides is 2. The van der Waals surface area contributed by atoms with E-state index in [9.17, 15) is 9.59 Å². The van der Waals surface area contributed by atoms with E-state index in [1.165, 1.54) is 5.01 Å². The van der Waals surface area contributed by atoms with E-state index in [4.69, 9.17) is 0 Å². The molecule has 0 fully saturated rings. The topological polar surface area (TPSA) is 86.7 Å². The quantitative estimate of drug-likeness (QED) is 0.691. The Morgan fingerprint density at radius 3 is 2.33 bits per heavy atom. The van der Waals surface area contributed by atoms with E-state index in [1.54, 1.807) is 25.3 Å². The summed E-state index contributed by atoms with van der Waals surface area (Å²) in [6.07, 6.45) is 1.69. The lowest BCUT2D eigenvalue weighted by molar-refractivity contribution is -0.120. The monoisotopic (exact) mass is 399 g/mol. The number of carbonyl (C=O) groups is 2. The Kier molecular flexibility index (Phi) is 5.52. The summed E-state index contributed by atoms with van der Waals surface area (Å²) in [5, 5.41) is 4.35. The van der Waals surface area contributed by atoms with Crippen molar-refractivity contribution in [3.05, 3.63) is 96.3 Å². The number of hydrogen-bond acceptors (Lipinski definition) is 5. The lowest BCUT2D eigenvalue weighted by Crippen LogP contribution is -2.58. The highest BCUT2D eigenvalue weighted by molar-refractivity contribution is 6.39. The van der Waals surface area contributed by atoms with Gasteiger partial charge in [-0.05, 0) is 36.8 Å². The highest BCUT2D eigenvalue weighted by atomic mass is 16.2. The molecule has 2 atom stereocenters. The average Bonchev–Trinajstić information content (AvgIpc) is 2.80. The second-order valence-electron chi connectivity index (χ2n) is 6.85. The minimum atomic E-state index is -0.683. The van der Waals surface area contributed by atoms with Crippen LogP contribution in [0.2, 0.25) is 0 Å². The summed E-state index contributed by atoms with van der Waals surface area (Å²) in [5.41, 5.74) is 5.10. The van der Waals surface area contributed by atoms with Crippen LogP contribution in [0.3, 0.4) is 0 Å². The molecule has 4 rings (SSSR count). The molecule has 0 spiro atoms. The van der Waals surface area contributed by atoms with E-state index in [2.05, 4.69) is 20.7 Å². The molecular weight excluding hydrogens is 378 g/mol. The van der Waals surface area contributed by atoms with Gasteiger partial charge in [-0.3, -0.25) is 20.0 Å². The Hall–Kier alpha value is -4.00. The van der Waals surface area contributed by atoms with E-state index in [-0.39, 0.29) is 11.7 Å². The minimum absolute atomic E-state index is 0.0721. The van der Waals surface area contributed by atoms with Crippen molar-refractivity contribution in [2.75, 3.05) is 5.01 Å². The summed E-state index contributed by atoms with van der Waals surface area (Å²) >= 11 is 0. The molecule has 0 saturated heterocycles. The van der Waals surface area contributed by atoms with Crippen molar-refractivity contribution in [1.29, 1.82) is 0 Å². The number of hydrazine groups is 1. The van der Waals surface area contributed by atoms with Gasteiger partial charge >= 0.3 is 0 Å². The number of aliphatic imine (C=N–C) groups is 1. The third kappa shape index (κ3) is 4.05. The predicted octanol–water partition coefficient (Wildman–Crippen LogP) is 2.63. The SMILES string of the molecule is C[C@@H]1N=C(C(=O)N[C@@H](c2ccccc2)c2ccccn2)NN(c2ccccc2)C1=O. The molecule has 3 aromatic rings. The van der Waals surface area contributed by atoms with Gasteiger partial charge < -0.3 is 5.32 Å². The zero-order valence-corrected chi connectivity index (χ0v) is 16.4. The van der Waals surface area contributed by atoms with Gasteiger partial charge in [0.05, 0.1) is 17.4 Å². The number of anilines is 1. The van der Waals surface area contributed by atoms with Gasteiger partial charge in [-0.2, -0.15) is 0 Å². The smallest absolute Gasteiger partial charge is 0.288 e. The van der Waals surface area contributed by atoms with Crippen molar-refractivity contribution >= 4 is 23.3 Å². The molecule has 150 valence electrons. The molecule has 7 nitrogen and oxygen atoms in total. The van der Waals surface area contributed by atoms with Gasteiger partial charge in [0.25, 0.3) is 11.8 Å². The van der Waals surface area contributed by atoms with Crippen LogP contribution >= 0.6 is 0 Å². The van der Waals surface area contributed by atoms with Gasteiger partial charge in [-0.1, -0.05) is 54.6 Å². The van der Waals surface area contributed by atoms with Crippen LogP contribution in [-0.4, -0.2) is 28.7 Å². The number of rotatable bonds is 5. The number of pyridine rings is 1. The highest BCUT2D eigenvalue weighted by Gasteiger charge is 2.31. The predicted molar refractivity (Wildman–Crippen MR) is 115 cm³/mol. The Morgan fingerprint density at radius 1 is 1.00 bits per heavy atom. The van der Waals surface area contributed by atoms with Gasteiger partial charge in [0.2, 0.25) is 5.84 Å². The molecule has 2 amide bonds. The van der Waals surface area contributed by atoms with Crippen molar-refractivity contribution in [2.45, 2.75) is 19.0 Å². The summed E-state index contributed by atoms with van der Waals surface area (Å²) in [4.78, 5) is 34.4. The van der Waals surface area contributed by atoms with Crippen LogP contribution in [0.25, 0.3) is 0 Å². The molecule has 2 heterocycles. The van der Waals surface area contributed by atoms with Crippen molar-refractivity contribution in [1.82, 2.24) is 15.7 Å². The van der Waals surface area contributed by atoms with E-state index in [0.29, 0.717) is 11.4 Å². The fourth-order valence-corrected chi connectivity index (χ4v) is 3.22. The molecule has 0 aliphatic carbocycles. The molecule has 1 aliphatic heterocycles. The number of nitrogens with zero attached hydrogens (tertiary/aromatic N) is 3. The standard InChI is InChI=1S/C23H21N5O2/c1-16-23(30)28(18-12-6-3-7-13-18)27-21(25-16)22(29)26-20(17-10-4-2-5-11-17)19-14-8-9-15-24-19/h2-16,20H,1H3,(H,25,27)(H,26,29)/t16-,20-/m0/s1. The van der Waals surface area contributed by atoms with Gasteiger partial charge in [0, 0.05) is 6.20 Å². The number of nitrogens with one attached hydrogen (secondary N) is 2. The van der Waals surface area contributed by atoms with Gasteiger partial charge in [0.15, 0.2) is 0 Å². The molecule has 30 heavy (non-hydrogen) atoms. The highest BCUT2D eigenvalue weighted by Crippen LogP contribution is 2.21. The van der Waals surface area contributed by atoms with Crippen LogP contribution in [0.4, 0.5) is 5.69 Å². The average molecular weight is 399 g/mol. The van der Waals surface area contributed by atoms with E-state index in [0.717, 1.165) is 5.56 Å². The second kappa shape index (κ2) is 8.57. The van der Waals surface area contributed by atoms with Crippen molar-refractivity contribution in [2.24, 2.45) is 4.99 Å². The Balaban J connectivity index is 1.61. The van der Waals surface area contributed by atoms with Crippen LogP contribution in [0.1, 0.15) is 24.2 Å². The molecule has 0 radical (unpaired) electrons. The number of carbonyl (C=O) groups excluding carboxylic acids is 2. The van der Waals surface area contributed by atoms with Crippen molar-refractivity contribution in [3.63, 3.8) is 0 Å². The summed E-state index contributed by atoms with van der Waals surface area (Å²) < 4.78 is 0.